The van der Waals surface area contributed by atoms with Gasteiger partial charge >= 0.3 is 0 Å². The molecule has 2 aliphatic rings. The van der Waals surface area contributed by atoms with Crippen LogP contribution in [0.2, 0.25) is 0 Å². The summed E-state index contributed by atoms with van der Waals surface area (Å²) in [5.41, 5.74) is 3.74. The topological polar surface area (TPSA) is 48.5 Å². The fourth-order valence-electron chi connectivity index (χ4n) is 5.01. The van der Waals surface area contributed by atoms with Gasteiger partial charge in [-0.25, -0.2) is 4.39 Å². The van der Waals surface area contributed by atoms with Gasteiger partial charge in [-0.05, 0) is 73.5 Å². The number of aromatic nitrogens is 1. The summed E-state index contributed by atoms with van der Waals surface area (Å²) < 4.78 is 17.2. The highest BCUT2D eigenvalue weighted by molar-refractivity contribution is 8.16. The number of carbonyl (C=O) groups is 1. The first kappa shape index (κ1) is 26.6. The van der Waals surface area contributed by atoms with Crippen LogP contribution < -0.4 is 4.72 Å². The Kier molecular flexibility index (Phi) is 8.27. The number of hydrogen-bond acceptors (Lipinski definition) is 4. The van der Waals surface area contributed by atoms with Crippen molar-refractivity contribution in [3.8, 4) is 0 Å². The van der Waals surface area contributed by atoms with E-state index >= 15 is 0 Å². The Morgan fingerprint density at radius 1 is 1.18 bits per heavy atom. The summed E-state index contributed by atoms with van der Waals surface area (Å²) in [6.07, 6.45) is 5.86. The summed E-state index contributed by atoms with van der Waals surface area (Å²) in [4.78, 5) is 23.3. The number of carbonyl (C=O) groups excluding carboxylic acids is 1. The van der Waals surface area contributed by atoms with Crippen molar-refractivity contribution < 1.29 is 9.18 Å². The van der Waals surface area contributed by atoms with Gasteiger partial charge in [0.2, 0.25) is 0 Å². The van der Waals surface area contributed by atoms with Crippen LogP contribution in [0.25, 0.3) is 10.9 Å². The average Bonchev–Trinajstić information content (AvgIpc) is 2.94. The molecule has 1 aromatic heterocycles. The lowest BCUT2D eigenvalue weighted by Gasteiger charge is -2.36. The number of nitrogens with one attached hydrogen (secondary N) is 1. The first-order valence-corrected chi connectivity index (χ1v) is 14.6. The van der Waals surface area contributed by atoms with Crippen molar-refractivity contribution in [3.63, 3.8) is 0 Å². The van der Waals surface area contributed by atoms with E-state index in [4.69, 9.17) is 11.6 Å². The lowest BCUT2D eigenvalue weighted by atomic mass is 9.99. The molecular weight excluding hydrogens is 519 g/mol. The van der Waals surface area contributed by atoms with Gasteiger partial charge in [0.1, 0.15) is 5.83 Å². The minimum atomic E-state index is -0.339. The van der Waals surface area contributed by atoms with Crippen LogP contribution >= 0.6 is 22.3 Å². The van der Waals surface area contributed by atoms with Crippen molar-refractivity contribution in [1.29, 1.82) is 0 Å². The molecule has 0 spiro atoms. The molecule has 8 heteroatoms. The van der Waals surface area contributed by atoms with E-state index in [1.54, 1.807) is 6.08 Å². The standard InChI is InChI=1S/C30H32ClFN4OS/c1-3-38(28-8-4-6-23-7-5-13-33-29(23)28)34-27-12-10-24(18-21(27)2)30(37)36-16-14-35(15-17-36)20-22-9-11-26(32)25(31)19-22/h3-8,10-13,18-19,22,34H,9,14-17,20H2,1-2H3. The van der Waals surface area contributed by atoms with Crippen LogP contribution in [0.5, 0.6) is 0 Å². The number of halogens is 2. The van der Waals surface area contributed by atoms with Gasteiger partial charge in [0.25, 0.3) is 5.91 Å². The Labute approximate surface area is 231 Å². The van der Waals surface area contributed by atoms with Gasteiger partial charge in [-0.2, -0.15) is 0 Å². The van der Waals surface area contributed by atoms with Crippen LogP contribution in [0.15, 0.2) is 82.6 Å². The lowest BCUT2D eigenvalue weighted by molar-refractivity contribution is 0.0625. The number of pyridine rings is 1. The molecule has 0 saturated carbocycles. The second-order valence-corrected chi connectivity index (χ2v) is 11.9. The number of aryl methyl sites for hydroxylation is 1. The highest BCUT2D eigenvalue weighted by Gasteiger charge is 2.25. The van der Waals surface area contributed by atoms with Gasteiger partial charge < -0.3 is 9.62 Å². The fourth-order valence-corrected chi connectivity index (χ4v) is 6.81. The number of anilines is 1. The molecule has 2 aromatic carbocycles. The lowest BCUT2D eigenvalue weighted by Crippen LogP contribution is -2.49. The van der Waals surface area contributed by atoms with Gasteiger partial charge in [-0.15, -0.1) is 0 Å². The molecule has 1 N–H and O–H groups in total. The molecule has 1 saturated heterocycles. The second-order valence-electron chi connectivity index (χ2n) is 9.69. The zero-order chi connectivity index (χ0) is 26.6. The molecule has 198 valence electrons. The van der Waals surface area contributed by atoms with Gasteiger partial charge in [-0.1, -0.05) is 46.5 Å². The molecule has 1 aliphatic heterocycles. The van der Waals surface area contributed by atoms with Crippen LogP contribution in [0.4, 0.5) is 10.1 Å². The van der Waals surface area contributed by atoms with Crippen molar-refractivity contribution in [2.45, 2.75) is 25.2 Å². The third-order valence-electron chi connectivity index (χ3n) is 7.12. The van der Waals surface area contributed by atoms with E-state index in [1.807, 2.05) is 48.4 Å². The van der Waals surface area contributed by atoms with Gasteiger partial charge in [-0.3, -0.25) is 14.7 Å². The summed E-state index contributed by atoms with van der Waals surface area (Å²) in [6.45, 7) is 7.86. The molecule has 2 heterocycles. The second kappa shape index (κ2) is 11.8. The zero-order valence-corrected chi connectivity index (χ0v) is 23.2. The molecule has 2 unspecified atom stereocenters. The first-order valence-electron chi connectivity index (χ1n) is 12.9. The monoisotopic (exact) mass is 550 g/mol. The summed E-state index contributed by atoms with van der Waals surface area (Å²) in [5, 5.41) is 3.49. The number of hydrogen-bond donors (Lipinski definition) is 1. The number of para-hydroxylation sites is 1. The van der Waals surface area contributed by atoms with Crippen molar-refractivity contribution >= 4 is 50.1 Å². The van der Waals surface area contributed by atoms with E-state index in [-0.39, 0.29) is 33.4 Å². The quantitative estimate of drug-likeness (QED) is 0.344. The highest BCUT2D eigenvalue weighted by Crippen LogP contribution is 2.34. The summed E-state index contributed by atoms with van der Waals surface area (Å²) >= 11 is 5.96. The maximum absolute atomic E-state index is 13.5. The van der Waals surface area contributed by atoms with Crippen LogP contribution in [-0.2, 0) is 0 Å². The predicted octanol–water partition coefficient (Wildman–Crippen LogP) is 6.77. The Morgan fingerprint density at radius 2 is 1.97 bits per heavy atom. The van der Waals surface area contributed by atoms with Gasteiger partial charge in [0.05, 0.1) is 10.5 Å². The van der Waals surface area contributed by atoms with E-state index in [1.165, 1.54) is 0 Å². The largest absolute Gasteiger partial charge is 0.336 e. The molecular formula is C30H32ClFN4OS. The Bertz CT molecular complexity index is 1440. The molecule has 5 nitrogen and oxygen atoms in total. The number of allylic oxidation sites excluding steroid dienone is 3. The Morgan fingerprint density at radius 3 is 2.71 bits per heavy atom. The minimum Gasteiger partial charge on any atom is -0.336 e. The van der Waals surface area contributed by atoms with Crippen LogP contribution in [-0.4, -0.2) is 58.8 Å². The molecule has 2 atom stereocenters. The van der Waals surface area contributed by atoms with E-state index < -0.39 is 0 Å². The molecule has 0 radical (unpaired) electrons. The van der Waals surface area contributed by atoms with E-state index in [2.05, 4.69) is 51.2 Å². The maximum Gasteiger partial charge on any atom is 0.253 e. The Balaban J connectivity index is 1.22. The SMILES string of the molecule is C/C=S(\Nc1ccc(C(=O)N2CCN(CC3C=C(Cl)C(F)=CC3)CC2)cc1C)c1cccc2cccnc12. The number of amides is 1. The minimum absolute atomic E-state index is 0.0595. The van der Waals surface area contributed by atoms with E-state index in [0.717, 1.165) is 46.7 Å². The predicted molar refractivity (Wildman–Crippen MR) is 158 cm³/mol. The summed E-state index contributed by atoms with van der Waals surface area (Å²) in [6, 6.07) is 16.2. The van der Waals surface area contributed by atoms with Gasteiger partial charge in [0, 0.05) is 60.5 Å². The van der Waals surface area contributed by atoms with E-state index in [0.29, 0.717) is 25.1 Å². The normalized spacial score (nSPS) is 19.3. The number of nitrogens with zero attached hydrogens (tertiary/aromatic N) is 3. The zero-order valence-electron chi connectivity index (χ0n) is 21.7. The van der Waals surface area contributed by atoms with Crippen molar-refractivity contribution in [3.05, 3.63) is 88.9 Å². The maximum atomic E-state index is 13.5. The van der Waals surface area contributed by atoms with E-state index in [9.17, 15) is 9.18 Å². The average molecular weight is 551 g/mol. The van der Waals surface area contributed by atoms with Crippen molar-refractivity contribution in [2.75, 3.05) is 37.4 Å². The molecule has 1 amide bonds. The number of rotatable bonds is 6. The molecule has 38 heavy (non-hydrogen) atoms. The molecule has 1 fully saturated rings. The molecule has 3 aromatic rings. The highest BCUT2D eigenvalue weighted by atomic mass is 35.5. The molecule has 1 aliphatic carbocycles. The van der Waals surface area contributed by atoms with Crippen LogP contribution in [0.1, 0.15) is 29.3 Å². The third kappa shape index (κ3) is 5.85. The number of benzene rings is 2. The fraction of sp³-hybridized carbons (Fsp3) is 0.300. The van der Waals surface area contributed by atoms with Crippen molar-refractivity contribution in [1.82, 2.24) is 14.8 Å². The number of fused-ring (bicyclic) bond motifs is 1. The smallest absolute Gasteiger partial charge is 0.253 e. The summed E-state index contributed by atoms with van der Waals surface area (Å²) in [7, 11) is -0.339. The summed E-state index contributed by atoms with van der Waals surface area (Å²) in [5.74, 6) is -0.0602. The van der Waals surface area contributed by atoms with Crippen LogP contribution in [0, 0.1) is 12.8 Å². The molecule has 5 rings (SSSR count). The van der Waals surface area contributed by atoms with Crippen molar-refractivity contribution in [2.24, 2.45) is 5.92 Å². The Hall–Kier alpha value is -3.00. The van der Waals surface area contributed by atoms with Gasteiger partial charge in [0.15, 0.2) is 0 Å². The van der Waals surface area contributed by atoms with Crippen LogP contribution in [0.3, 0.4) is 0 Å². The third-order valence-corrected chi connectivity index (χ3v) is 9.14. The molecule has 0 bridgehead atoms. The first-order chi connectivity index (χ1) is 18.4. The number of piperazine rings is 1.